The molecular weight excluding hydrogens is 354 g/mol. The van der Waals surface area contributed by atoms with Crippen LogP contribution in [0.4, 0.5) is 0 Å². The van der Waals surface area contributed by atoms with Crippen LogP contribution >= 0.6 is 0 Å². The summed E-state index contributed by atoms with van der Waals surface area (Å²) in [7, 11) is 0. The first-order valence-electron chi connectivity index (χ1n) is 10.5. The van der Waals surface area contributed by atoms with Crippen molar-refractivity contribution in [2.24, 2.45) is 5.92 Å². The van der Waals surface area contributed by atoms with E-state index in [9.17, 15) is 4.79 Å². The van der Waals surface area contributed by atoms with Crippen LogP contribution < -0.4 is 9.47 Å². The summed E-state index contributed by atoms with van der Waals surface area (Å²) in [6, 6.07) is 10.0. The molecule has 28 heavy (non-hydrogen) atoms. The molecule has 0 radical (unpaired) electrons. The van der Waals surface area contributed by atoms with Gasteiger partial charge in [-0.1, -0.05) is 18.9 Å². The lowest BCUT2D eigenvalue weighted by Crippen LogP contribution is -2.36. The van der Waals surface area contributed by atoms with Gasteiger partial charge in [0.05, 0.1) is 12.2 Å². The molecule has 0 bridgehead atoms. The molecule has 1 amide bonds. The number of amides is 1. The fourth-order valence-electron chi connectivity index (χ4n) is 5.07. The van der Waals surface area contributed by atoms with Crippen molar-refractivity contribution in [2.45, 2.75) is 43.9 Å². The molecule has 2 unspecified atom stereocenters. The van der Waals surface area contributed by atoms with Crippen LogP contribution in [-0.4, -0.2) is 37.1 Å². The Morgan fingerprint density at radius 3 is 2.64 bits per heavy atom. The highest BCUT2D eigenvalue weighted by molar-refractivity contribution is 5.84. The van der Waals surface area contributed by atoms with Gasteiger partial charge in [0, 0.05) is 19.0 Å². The molecule has 5 rings (SSSR count). The first-order valence-corrected chi connectivity index (χ1v) is 10.5. The molecule has 0 N–H and O–H groups in total. The highest BCUT2D eigenvalue weighted by Crippen LogP contribution is 2.42. The number of hydrogen-bond donors (Lipinski definition) is 0. The summed E-state index contributed by atoms with van der Waals surface area (Å²) in [5.74, 6) is 3.45. The van der Waals surface area contributed by atoms with E-state index in [0.29, 0.717) is 25.0 Å². The Morgan fingerprint density at radius 1 is 1.04 bits per heavy atom. The molecule has 2 atom stereocenters. The quantitative estimate of drug-likeness (QED) is 0.790. The highest BCUT2D eigenvalue weighted by Gasteiger charge is 2.38. The van der Waals surface area contributed by atoms with Crippen molar-refractivity contribution in [3.63, 3.8) is 0 Å². The van der Waals surface area contributed by atoms with E-state index < -0.39 is 0 Å². The first kappa shape index (κ1) is 17.7. The van der Waals surface area contributed by atoms with E-state index in [4.69, 9.17) is 13.9 Å². The van der Waals surface area contributed by atoms with Gasteiger partial charge in [-0.05, 0) is 55.0 Å². The minimum atomic E-state index is -0.0892. The van der Waals surface area contributed by atoms with E-state index in [2.05, 4.69) is 6.07 Å². The summed E-state index contributed by atoms with van der Waals surface area (Å²) < 4.78 is 17.0. The molecule has 5 nitrogen and oxygen atoms in total. The maximum absolute atomic E-state index is 13.6. The van der Waals surface area contributed by atoms with Crippen LogP contribution in [0.15, 0.2) is 41.0 Å². The van der Waals surface area contributed by atoms with Crippen molar-refractivity contribution >= 4 is 5.91 Å². The molecule has 3 aliphatic rings. The zero-order valence-corrected chi connectivity index (χ0v) is 16.1. The van der Waals surface area contributed by atoms with Gasteiger partial charge >= 0.3 is 0 Å². The normalized spacial score (nSPS) is 23.1. The van der Waals surface area contributed by atoms with Crippen molar-refractivity contribution in [3.05, 3.63) is 47.9 Å². The van der Waals surface area contributed by atoms with Gasteiger partial charge in [-0.3, -0.25) is 4.79 Å². The molecule has 2 aromatic rings. The van der Waals surface area contributed by atoms with E-state index >= 15 is 0 Å². The molecule has 1 saturated carbocycles. The molecule has 2 fully saturated rings. The van der Waals surface area contributed by atoms with Crippen LogP contribution in [0, 0.1) is 5.92 Å². The molecule has 1 aromatic heterocycles. The lowest BCUT2D eigenvalue weighted by Gasteiger charge is -2.29. The van der Waals surface area contributed by atoms with Gasteiger partial charge in [-0.25, -0.2) is 0 Å². The number of benzene rings is 1. The number of carbonyl (C=O) groups is 1. The van der Waals surface area contributed by atoms with Gasteiger partial charge < -0.3 is 18.8 Å². The Morgan fingerprint density at radius 2 is 1.86 bits per heavy atom. The Labute approximate surface area is 165 Å². The van der Waals surface area contributed by atoms with Crippen LogP contribution in [0.2, 0.25) is 0 Å². The summed E-state index contributed by atoms with van der Waals surface area (Å²) in [5.41, 5.74) is 1.07. The van der Waals surface area contributed by atoms with Crippen molar-refractivity contribution < 1.29 is 18.7 Å². The van der Waals surface area contributed by atoms with Gasteiger partial charge in [0.25, 0.3) is 0 Å². The highest BCUT2D eigenvalue weighted by atomic mass is 16.6. The molecule has 148 valence electrons. The Hall–Kier alpha value is -2.43. The number of rotatable bonds is 4. The Balaban J connectivity index is 1.40. The molecule has 1 aromatic carbocycles. The second kappa shape index (κ2) is 7.53. The molecule has 5 heteroatoms. The number of likely N-dealkylation sites (tertiary alicyclic amines) is 1. The van der Waals surface area contributed by atoms with Crippen molar-refractivity contribution in [1.29, 1.82) is 0 Å². The van der Waals surface area contributed by atoms with E-state index in [1.165, 1.54) is 12.8 Å². The van der Waals surface area contributed by atoms with Crippen LogP contribution in [0.5, 0.6) is 11.5 Å². The SMILES string of the molecule is O=C(C(c1ccc2c(c1)OCCO2)C1CCCC1)N1CCC(c2ccco2)C1. The third kappa shape index (κ3) is 3.27. The van der Waals surface area contributed by atoms with Gasteiger partial charge in [0.1, 0.15) is 19.0 Å². The van der Waals surface area contributed by atoms with E-state index in [-0.39, 0.29) is 11.8 Å². The largest absolute Gasteiger partial charge is 0.486 e. The molecule has 0 spiro atoms. The second-order valence-corrected chi connectivity index (χ2v) is 8.21. The number of nitrogens with zero attached hydrogens (tertiary/aromatic N) is 1. The zero-order chi connectivity index (χ0) is 18.9. The van der Waals surface area contributed by atoms with Crippen molar-refractivity contribution in [1.82, 2.24) is 4.90 Å². The summed E-state index contributed by atoms with van der Waals surface area (Å²) in [6.45, 7) is 2.70. The monoisotopic (exact) mass is 381 g/mol. The lowest BCUT2D eigenvalue weighted by molar-refractivity contribution is -0.133. The summed E-state index contributed by atoms with van der Waals surface area (Å²) >= 11 is 0. The van der Waals surface area contributed by atoms with Gasteiger partial charge in [0.15, 0.2) is 11.5 Å². The predicted octanol–water partition coefficient (Wildman–Crippen LogP) is 4.34. The fraction of sp³-hybridized carbons (Fsp3) is 0.522. The molecule has 2 aliphatic heterocycles. The van der Waals surface area contributed by atoms with Gasteiger partial charge in [-0.2, -0.15) is 0 Å². The average molecular weight is 381 g/mol. The van der Waals surface area contributed by atoms with Crippen LogP contribution in [-0.2, 0) is 4.79 Å². The van der Waals surface area contributed by atoms with E-state index in [1.807, 2.05) is 29.2 Å². The minimum Gasteiger partial charge on any atom is -0.486 e. The number of furan rings is 1. The number of fused-ring (bicyclic) bond motifs is 1. The Bertz CT molecular complexity index is 825. The van der Waals surface area contributed by atoms with Crippen LogP contribution in [0.1, 0.15) is 55.3 Å². The maximum Gasteiger partial charge on any atom is 0.230 e. The van der Waals surface area contributed by atoms with Gasteiger partial charge in [-0.15, -0.1) is 0 Å². The third-order valence-corrected chi connectivity index (χ3v) is 6.51. The van der Waals surface area contributed by atoms with E-state index in [0.717, 1.165) is 55.2 Å². The van der Waals surface area contributed by atoms with E-state index in [1.54, 1.807) is 6.26 Å². The lowest BCUT2D eigenvalue weighted by atomic mass is 9.83. The molecule has 1 saturated heterocycles. The smallest absolute Gasteiger partial charge is 0.230 e. The van der Waals surface area contributed by atoms with Crippen molar-refractivity contribution in [2.75, 3.05) is 26.3 Å². The number of carbonyl (C=O) groups excluding carboxylic acids is 1. The molecule has 3 heterocycles. The third-order valence-electron chi connectivity index (χ3n) is 6.51. The number of hydrogen-bond acceptors (Lipinski definition) is 4. The number of ether oxygens (including phenoxy) is 2. The standard InChI is InChI=1S/C23H27NO4/c25-23(24-10-9-18(15-24)19-6-3-11-26-19)22(16-4-1-2-5-16)17-7-8-20-21(14-17)28-13-12-27-20/h3,6-8,11,14,16,18,22H,1-2,4-5,9-10,12-13,15H2. The molecule has 1 aliphatic carbocycles. The van der Waals surface area contributed by atoms with Gasteiger partial charge in [0.2, 0.25) is 5.91 Å². The topological polar surface area (TPSA) is 51.9 Å². The summed E-state index contributed by atoms with van der Waals surface area (Å²) in [4.78, 5) is 15.7. The fourth-order valence-corrected chi connectivity index (χ4v) is 5.07. The summed E-state index contributed by atoms with van der Waals surface area (Å²) in [6.07, 6.45) is 7.37. The average Bonchev–Trinajstić information content (AvgIpc) is 3.50. The minimum absolute atomic E-state index is 0.0892. The van der Waals surface area contributed by atoms with Crippen LogP contribution in [0.3, 0.4) is 0 Å². The van der Waals surface area contributed by atoms with Crippen LogP contribution in [0.25, 0.3) is 0 Å². The second-order valence-electron chi connectivity index (χ2n) is 8.21. The Kier molecular flexibility index (Phi) is 4.75. The zero-order valence-electron chi connectivity index (χ0n) is 16.1. The predicted molar refractivity (Wildman–Crippen MR) is 105 cm³/mol. The first-order chi connectivity index (χ1) is 13.8. The summed E-state index contributed by atoms with van der Waals surface area (Å²) in [5, 5.41) is 0. The maximum atomic E-state index is 13.6. The van der Waals surface area contributed by atoms with Crippen molar-refractivity contribution in [3.8, 4) is 11.5 Å². The molecular formula is C23H27NO4.